The Hall–Kier alpha value is -2.11. The second kappa shape index (κ2) is 7.77. The van der Waals surface area contributed by atoms with Crippen LogP contribution in [0.1, 0.15) is 37.2 Å². The number of rotatable bonds is 4. The van der Waals surface area contributed by atoms with Crippen molar-refractivity contribution in [2.45, 2.75) is 32.7 Å². The largest absolute Gasteiger partial charge is 0.449 e. The van der Waals surface area contributed by atoms with E-state index < -0.39 is 0 Å². The number of amides is 2. The molecule has 2 heterocycles. The number of hydrogen-bond acceptors (Lipinski definition) is 4. The Labute approximate surface area is 130 Å². The van der Waals surface area contributed by atoms with Gasteiger partial charge in [-0.25, -0.2) is 4.79 Å². The van der Waals surface area contributed by atoms with Crippen LogP contribution < -0.4 is 5.32 Å². The second-order valence-corrected chi connectivity index (χ2v) is 5.92. The van der Waals surface area contributed by atoms with Gasteiger partial charge in [0.05, 0.1) is 6.61 Å². The van der Waals surface area contributed by atoms with Gasteiger partial charge >= 0.3 is 6.09 Å². The maximum atomic E-state index is 12.0. The maximum absolute atomic E-state index is 12.0. The van der Waals surface area contributed by atoms with Crippen molar-refractivity contribution >= 4 is 12.0 Å². The quantitative estimate of drug-likeness (QED) is 0.924. The molecule has 1 aromatic rings. The predicted molar refractivity (Wildman–Crippen MR) is 82.5 cm³/mol. The molecule has 2 rings (SSSR count). The second-order valence-electron chi connectivity index (χ2n) is 5.92. The summed E-state index contributed by atoms with van der Waals surface area (Å²) in [4.78, 5) is 29.6. The van der Waals surface area contributed by atoms with Crippen molar-refractivity contribution in [1.82, 2.24) is 15.2 Å². The molecule has 0 aromatic carbocycles. The van der Waals surface area contributed by atoms with Crippen LogP contribution in [0.5, 0.6) is 0 Å². The third kappa shape index (κ3) is 4.72. The summed E-state index contributed by atoms with van der Waals surface area (Å²) in [5.41, 5.74) is 0.418. The molecule has 22 heavy (non-hydrogen) atoms. The number of likely N-dealkylation sites (tertiary alicyclic amines) is 1. The number of carbonyl (C=O) groups excluding carboxylic acids is 2. The number of nitrogens with one attached hydrogen (secondary N) is 1. The summed E-state index contributed by atoms with van der Waals surface area (Å²) in [5, 5.41) is 2.96. The number of ether oxygens (including phenoxy) is 1. The monoisotopic (exact) mass is 305 g/mol. The standard InChI is InChI=1S/C16H23N3O3/c1-12(2)11-22-16(21)19-9-6-13(7-10-19)18-15(20)14-5-3-4-8-17-14/h3-5,8,12-13H,6-7,9-11H2,1-2H3,(H,18,20). The van der Waals surface area contributed by atoms with Gasteiger partial charge in [-0.1, -0.05) is 19.9 Å². The molecule has 0 saturated carbocycles. The molecule has 120 valence electrons. The summed E-state index contributed by atoms with van der Waals surface area (Å²) < 4.78 is 5.22. The van der Waals surface area contributed by atoms with E-state index >= 15 is 0 Å². The smallest absolute Gasteiger partial charge is 0.409 e. The first kappa shape index (κ1) is 16.3. The summed E-state index contributed by atoms with van der Waals surface area (Å²) >= 11 is 0. The Morgan fingerprint density at radius 2 is 2.09 bits per heavy atom. The number of hydrogen-bond donors (Lipinski definition) is 1. The van der Waals surface area contributed by atoms with Crippen LogP contribution in [-0.4, -0.2) is 47.6 Å². The van der Waals surface area contributed by atoms with E-state index in [0.717, 1.165) is 12.8 Å². The number of pyridine rings is 1. The van der Waals surface area contributed by atoms with Gasteiger partial charge in [0, 0.05) is 25.3 Å². The van der Waals surface area contributed by atoms with Gasteiger partial charge in [-0.2, -0.15) is 0 Å². The molecule has 0 unspecified atom stereocenters. The lowest BCUT2D eigenvalue weighted by Gasteiger charge is -2.31. The van der Waals surface area contributed by atoms with E-state index in [1.807, 2.05) is 13.8 Å². The third-order valence-electron chi connectivity index (χ3n) is 3.53. The molecule has 6 nitrogen and oxygen atoms in total. The third-order valence-corrected chi connectivity index (χ3v) is 3.53. The van der Waals surface area contributed by atoms with Crippen molar-refractivity contribution in [1.29, 1.82) is 0 Å². The highest BCUT2D eigenvalue weighted by Crippen LogP contribution is 2.12. The topological polar surface area (TPSA) is 71.5 Å². The minimum Gasteiger partial charge on any atom is -0.449 e. The van der Waals surface area contributed by atoms with Gasteiger partial charge in [-0.05, 0) is 30.9 Å². The molecule has 1 saturated heterocycles. The molecule has 0 atom stereocenters. The van der Waals surface area contributed by atoms with Gasteiger partial charge < -0.3 is 15.0 Å². The number of carbonyl (C=O) groups is 2. The van der Waals surface area contributed by atoms with E-state index in [1.165, 1.54) is 0 Å². The summed E-state index contributed by atoms with van der Waals surface area (Å²) in [6, 6.07) is 5.32. The fourth-order valence-corrected chi connectivity index (χ4v) is 2.29. The molecule has 0 spiro atoms. The van der Waals surface area contributed by atoms with Crippen molar-refractivity contribution < 1.29 is 14.3 Å². The van der Waals surface area contributed by atoms with Crippen molar-refractivity contribution in [3.63, 3.8) is 0 Å². The van der Waals surface area contributed by atoms with Crippen LogP contribution in [0.3, 0.4) is 0 Å². The Morgan fingerprint density at radius 1 is 1.36 bits per heavy atom. The van der Waals surface area contributed by atoms with E-state index in [2.05, 4.69) is 10.3 Å². The van der Waals surface area contributed by atoms with Crippen LogP contribution >= 0.6 is 0 Å². The maximum Gasteiger partial charge on any atom is 0.409 e. The average Bonchev–Trinajstić information content (AvgIpc) is 2.54. The van der Waals surface area contributed by atoms with Crippen LogP contribution in [0.15, 0.2) is 24.4 Å². The Morgan fingerprint density at radius 3 is 2.68 bits per heavy atom. The minimum atomic E-state index is -0.261. The lowest BCUT2D eigenvalue weighted by Crippen LogP contribution is -2.47. The van der Waals surface area contributed by atoms with Crippen LogP contribution in [0.4, 0.5) is 4.79 Å². The van der Waals surface area contributed by atoms with Crippen molar-refractivity contribution in [3.8, 4) is 0 Å². The summed E-state index contributed by atoms with van der Waals surface area (Å²) in [5.74, 6) is 0.167. The Balaban J connectivity index is 1.75. The highest BCUT2D eigenvalue weighted by Gasteiger charge is 2.25. The highest BCUT2D eigenvalue weighted by atomic mass is 16.6. The fourth-order valence-electron chi connectivity index (χ4n) is 2.29. The fraction of sp³-hybridized carbons (Fsp3) is 0.562. The van der Waals surface area contributed by atoms with Gasteiger partial charge in [0.2, 0.25) is 0 Å². The van der Waals surface area contributed by atoms with Gasteiger partial charge in [0.15, 0.2) is 0 Å². The Bertz CT molecular complexity index is 497. The first-order chi connectivity index (χ1) is 10.6. The summed E-state index contributed by atoms with van der Waals surface area (Å²) in [6.07, 6.45) is 2.80. The lowest BCUT2D eigenvalue weighted by molar-refractivity contribution is 0.0784. The normalized spacial score (nSPS) is 15.7. The zero-order valence-corrected chi connectivity index (χ0v) is 13.1. The molecule has 0 bridgehead atoms. The summed E-state index contributed by atoms with van der Waals surface area (Å²) in [6.45, 7) is 5.66. The average molecular weight is 305 g/mol. The van der Waals surface area contributed by atoms with E-state index in [4.69, 9.17) is 4.74 Å². The zero-order valence-electron chi connectivity index (χ0n) is 13.1. The molecule has 1 N–H and O–H groups in total. The number of aromatic nitrogens is 1. The number of nitrogens with zero attached hydrogens (tertiary/aromatic N) is 2. The molecule has 1 fully saturated rings. The van der Waals surface area contributed by atoms with Crippen LogP contribution in [-0.2, 0) is 4.74 Å². The molecule has 0 radical (unpaired) electrons. The SMILES string of the molecule is CC(C)COC(=O)N1CCC(NC(=O)c2ccccn2)CC1. The van der Waals surface area contributed by atoms with Gasteiger partial charge in [0.1, 0.15) is 5.69 Å². The first-order valence-electron chi connectivity index (χ1n) is 7.70. The van der Waals surface area contributed by atoms with Gasteiger partial charge in [-0.3, -0.25) is 9.78 Å². The lowest BCUT2D eigenvalue weighted by atomic mass is 10.1. The highest BCUT2D eigenvalue weighted by molar-refractivity contribution is 5.92. The molecule has 0 aliphatic carbocycles. The van der Waals surface area contributed by atoms with E-state index in [9.17, 15) is 9.59 Å². The van der Waals surface area contributed by atoms with Crippen molar-refractivity contribution in [3.05, 3.63) is 30.1 Å². The molecular weight excluding hydrogens is 282 g/mol. The number of piperidine rings is 1. The zero-order chi connectivity index (χ0) is 15.9. The van der Waals surface area contributed by atoms with Crippen molar-refractivity contribution in [2.24, 2.45) is 5.92 Å². The van der Waals surface area contributed by atoms with Crippen LogP contribution in [0.2, 0.25) is 0 Å². The molecule has 6 heteroatoms. The molecule has 2 amide bonds. The van der Waals surface area contributed by atoms with Gasteiger partial charge in [0.25, 0.3) is 5.91 Å². The van der Waals surface area contributed by atoms with E-state index in [0.29, 0.717) is 31.3 Å². The van der Waals surface area contributed by atoms with E-state index in [-0.39, 0.29) is 18.0 Å². The minimum absolute atomic E-state index is 0.0728. The van der Waals surface area contributed by atoms with Crippen LogP contribution in [0, 0.1) is 5.92 Å². The van der Waals surface area contributed by atoms with E-state index in [1.54, 1.807) is 29.3 Å². The molecular formula is C16H23N3O3. The summed E-state index contributed by atoms with van der Waals surface area (Å²) in [7, 11) is 0. The molecule has 1 aromatic heterocycles. The molecule has 1 aliphatic rings. The first-order valence-corrected chi connectivity index (χ1v) is 7.70. The van der Waals surface area contributed by atoms with Gasteiger partial charge in [-0.15, -0.1) is 0 Å². The van der Waals surface area contributed by atoms with Crippen LogP contribution in [0.25, 0.3) is 0 Å². The van der Waals surface area contributed by atoms with Crippen molar-refractivity contribution in [2.75, 3.05) is 19.7 Å². The predicted octanol–water partition coefficient (Wildman–Crippen LogP) is 2.07. The Kier molecular flexibility index (Phi) is 5.75. The molecule has 1 aliphatic heterocycles.